The highest BCUT2D eigenvalue weighted by molar-refractivity contribution is 5.81. The number of nitrogens with one attached hydrogen (secondary N) is 1. The summed E-state index contributed by atoms with van der Waals surface area (Å²) in [5.74, 6) is 1.35. The Balaban J connectivity index is 0.000000209. The Morgan fingerprint density at radius 1 is 1.08 bits per heavy atom. The quantitative estimate of drug-likeness (QED) is 0.371. The molecular weight excluding hydrogens is 487 g/mol. The fourth-order valence-corrected chi connectivity index (χ4v) is 3.80. The molecule has 1 N–H and O–H groups in total. The molecular formula is C26H26F3N5O3. The summed E-state index contributed by atoms with van der Waals surface area (Å²) in [7, 11) is 2.03. The summed E-state index contributed by atoms with van der Waals surface area (Å²) in [5, 5.41) is 3.29. The number of nitrogens with zero attached hydrogens (tertiary/aromatic N) is 4. The van der Waals surface area contributed by atoms with E-state index in [0.29, 0.717) is 12.3 Å². The predicted molar refractivity (Wildman–Crippen MR) is 132 cm³/mol. The molecule has 0 bridgehead atoms. The smallest absolute Gasteiger partial charge is 0.416 e. The fourth-order valence-electron chi connectivity index (χ4n) is 3.80. The van der Waals surface area contributed by atoms with Crippen molar-refractivity contribution >= 4 is 23.0 Å². The van der Waals surface area contributed by atoms with Gasteiger partial charge in [0.05, 0.1) is 24.5 Å². The van der Waals surface area contributed by atoms with Gasteiger partial charge in [-0.15, -0.1) is 0 Å². The van der Waals surface area contributed by atoms with E-state index in [1.165, 1.54) is 17.6 Å². The van der Waals surface area contributed by atoms with Crippen LogP contribution >= 0.6 is 0 Å². The highest BCUT2D eigenvalue weighted by atomic mass is 19.4. The van der Waals surface area contributed by atoms with Gasteiger partial charge in [-0.1, -0.05) is 6.07 Å². The molecule has 4 aromatic rings. The molecule has 0 saturated carbocycles. The summed E-state index contributed by atoms with van der Waals surface area (Å²) < 4.78 is 49.7. The Kier molecular flexibility index (Phi) is 8.36. The molecule has 1 aliphatic heterocycles. The van der Waals surface area contributed by atoms with Gasteiger partial charge in [0.15, 0.2) is 0 Å². The maximum Gasteiger partial charge on any atom is 0.416 e. The van der Waals surface area contributed by atoms with Crippen molar-refractivity contribution in [3.63, 3.8) is 0 Å². The minimum absolute atomic E-state index is 0.129. The number of aryl methyl sites for hydroxylation is 1. The molecule has 2 aromatic carbocycles. The van der Waals surface area contributed by atoms with Gasteiger partial charge in [0.2, 0.25) is 12.3 Å². The standard InChI is InChI=1S/C18H20N4O2.C8H6F3NO/c1-21-5-4-14-10-16(2-3-17(14)21)24-18-11-15(19-13-20-18)12-22-6-8-23-9-7-22;9-8(10,11)6-2-1-3-7(4-6)12-5-13/h2-5,10-11,13H,6-9,12H2,1H3;1-5H,(H,12,13). The van der Waals surface area contributed by atoms with Crippen LogP contribution in [0, 0.1) is 0 Å². The number of carbonyl (C=O) groups excluding carboxylic acids is 1. The van der Waals surface area contributed by atoms with Gasteiger partial charge in [-0.2, -0.15) is 13.2 Å². The lowest BCUT2D eigenvalue weighted by atomic mass is 10.2. The first-order valence-corrected chi connectivity index (χ1v) is 11.5. The Hall–Kier alpha value is -3.96. The van der Waals surface area contributed by atoms with Gasteiger partial charge in [-0.05, 0) is 42.5 Å². The predicted octanol–water partition coefficient (Wildman–Crippen LogP) is 4.87. The van der Waals surface area contributed by atoms with Gasteiger partial charge in [-0.25, -0.2) is 9.97 Å². The molecule has 1 aliphatic rings. The Morgan fingerprint density at radius 2 is 1.89 bits per heavy atom. The van der Waals surface area contributed by atoms with Gasteiger partial charge < -0.3 is 19.4 Å². The molecule has 0 radical (unpaired) electrons. The molecule has 37 heavy (non-hydrogen) atoms. The summed E-state index contributed by atoms with van der Waals surface area (Å²) in [4.78, 5) is 20.9. The van der Waals surface area contributed by atoms with Crippen LogP contribution in [0.15, 0.2) is 67.1 Å². The van der Waals surface area contributed by atoms with Crippen LogP contribution in [0.4, 0.5) is 18.9 Å². The van der Waals surface area contributed by atoms with E-state index in [9.17, 15) is 18.0 Å². The van der Waals surface area contributed by atoms with E-state index in [2.05, 4.69) is 36.9 Å². The first-order chi connectivity index (χ1) is 17.8. The molecule has 0 spiro atoms. The Morgan fingerprint density at radius 3 is 2.65 bits per heavy atom. The van der Waals surface area contributed by atoms with E-state index in [0.717, 1.165) is 61.8 Å². The van der Waals surface area contributed by atoms with Crippen LogP contribution < -0.4 is 10.1 Å². The fraction of sp³-hybridized carbons (Fsp3) is 0.269. The second-order valence-corrected chi connectivity index (χ2v) is 8.33. The lowest BCUT2D eigenvalue weighted by molar-refractivity contribution is -0.137. The number of morpholine rings is 1. The first-order valence-electron chi connectivity index (χ1n) is 11.5. The number of benzene rings is 2. The zero-order chi connectivity index (χ0) is 26.3. The minimum atomic E-state index is -4.37. The molecule has 194 valence electrons. The Labute approximate surface area is 211 Å². The molecule has 0 aliphatic carbocycles. The van der Waals surface area contributed by atoms with Crippen LogP contribution in [0.5, 0.6) is 11.6 Å². The molecule has 2 aromatic heterocycles. The maximum atomic E-state index is 12.1. The normalized spacial score (nSPS) is 14.1. The average molecular weight is 514 g/mol. The van der Waals surface area contributed by atoms with Crippen LogP contribution in [0.3, 0.4) is 0 Å². The molecule has 8 nitrogen and oxygen atoms in total. The van der Waals surface area contributed by atoms with E-state index in [-0.39, 0.29) is 5.69 Å². The second kappa shape index (κ2) is 11.8. The number of hydrogen-bond acceptors (Lipinski definition) is 6. The zero-order valence-corrected chi connectivity index (χ0v) is 20.1. The molecule has 3 heterocycles. The molecule has 5 rings (SSSR count). The average Bonchev–Trinajstić information content (AvgIpc) is 3.25. The van der Waals surface area contributed by atoms with Crippen molar-refractivity contribution in [1.29, 1.82) is 0 Å². The van der Waals surface area contributed by atoms with Gasteiger partial charge >= 0.3 is 6.18 Å². The summed E-state index contributed by atoms with van der Waals surface area (Å²) in [5.41, 5.74) is 1.49. The van der Waals surface area contributed by atoms with E-state index >= 15 is 0 Å². The first kappa shape index (κ1) is 26.1. The van der Waals surface area contributed by atoms with Crippen molar-refractivity contribution in [2.75, 3.05) is 31.6 Å². The Bertz CT molecular complexity index is 1340. The van der Waals surface area contributed by atoms with Crippen LogP contribution in [0.2, 0.25) is 0 Å². The van der Waals surface area contributed by atoms with Crippen molar-refractivity contribution in [2.24, 2.45) is 7.05 Å². The molecule has 1 amide bonds. The third kappa shape index (κ3) is 7.28. The molecule has 1 saturated heterocycles. The number of amides is 1. The molecule has 0 atom stereocenters. The minimum Gasteiger partial charge on any atom is -0.439 e. The van der Waals surface area contributed by atoms with Crippen molar-refractivity contribution in [3.05, 3.63) is 78.4 Å². The number of carbonyl (C=O) groups is 1. The van der Waals surface area contributed by atoms with Crippen LogP contribution in [0.25, 0.3) is 10.9 Å². The number of rotatable bonds is 6. The highest BCUT2D eigenvalue weighted by Crippen LogP contribution is 2.30. The van der Waals surface area contributed by atoms with Crippen molar-refractivity contribution in [2.45, 2.75) is 12.7 Å². The van der Waals surface area contributed by atoms with Crippen molar-refractivity contribution in [1.82, 2.24) is 19.4 Å². The van der Waals surface area contributed by atoms with Gasteiger partial charge in [-0.3, -0.25) is 9.69 Å². The van der Waals surface area contributed by atoms with Crippen molar-refractivity contribution < 1.29 is 27.4 Å². The monoisotopic (exact) mass is 513 g/mol. The lowest BCUT2D eigenvalue weighted by Crippen LogP contribution is -2.35. The van der Waals surface area contributed by atoms with E-state index < -0.39 is 11.7 Å². The lowest BCUT2D eigenvalue weighted by Gasteiger charge is -2.26. The highest BCUT2D eigenvalue weighted by Gasteiger charge is 2.30. The summed E-state index contributed by atoms with van der Waals surface area (Å²) in [6.07, 6.45) is -0.443. The summed E-state index contributed by atoms with van der Waals surface area (Å²) in [6.45, 7) is 4.23. The van der Waals surface area contributed by atoms with Gasteiger partial charge in [0.1, 0.15) is 12.1 Å². The van der Waals surface area contributed by atoms with E-state index in [1.54, 1.807) is 6.33 Å². The third-order valence-corrected chi connectivity index (χ3v) is 5.68. The number of anilines is 1. The maximum absolute atomic E-state index is 12.1. The number of fused-ring (bicyclic) bond motifs is 1. The van der Waals surface area contributed by atoms with E-state index in [1.807, 2.05) is 31.4 Å². The molecule has 11 heteroatoms. The molecule has 1 fully saturated rings. The van der Waals surface area contributed by atoms with Gasteiger partial charge in [0, 0.05) is 55.5 Å². The zero-order valence-electron chi connectivity index (χ0n) is 20.1. The molecule has 0 unspecified atom stereocenters. The SMILES string of the molecule is Cn1ccc2cc(Oc3cc(CN4CCOCC4)ncn3)ccc21.O=CNc1cccc(C(F)(F)F)c1. The number of aromatic nitrogens is 3. The number of ether oxygens (including phenoxy) is 2. The van der Waals surface area contributed by atoms with Crippen LogP contribution in [-0.4, -0.2) is 52.1 Å². The van der Waals surface area contributed by atoms with Crippen LogP contribution in [-0.2, 0) is 29.3 Å². The van der Waals surface area contributed by atoms with Gasteiger partial charge in [0.25, 0.3) is 0 Å². The second-order valence-electron chi connectivity index (χ2n) is 8.33. The summed E-state index contributed by atoms with van der Waals surface area (Å²) in [6, 6.07) is 14.4. The number of alkyl halides is 3. The van der Waals surface area contributed by atoms with E-state index in [4.69, 9.17) is 9.47 Å². The number of hydrogen-bond donors (Lipinski definition) is 1. The topological polar surface area (TPSA) is 81.5 Å². The summed E-state index contributed by atoms with van der Waals surface area (Å²) >= 11 is 0. The third-order valence-electron chi connectivity index (χ3n) is 5.68. The van der Waals surface area contributed by atoms with Crippen molar-refractivity contribution in [3.8, 4) is 11.6 Å². The largest absolute Gasteiger partial charge is 0.439 e. The van der Waals surface area contributed by atoms with Crippen LogP contribution in [0.1, 0.15) is 11.3 Å². The number of halogens is 3.